The summed E-state index contributed by atoms with van der Waals surface area (Å²) in [4.78, 5) is 13.0. The van der Waals surface area contributed by atoms with Gasteiger partial charge in [0, 0.05) is 11.8 Å². The van der Waals surface area contributed by atoms with Gasteiger partial charge in [-0.2, -0.15) is 0 Å². The molecule has 2 saturated carbocycles. The molecule has 3 aliphatic carbocycles. The van der Waals surface area contributed by atoms with E-state index in [1.807, 2.05) is 0 Å². The zero-order valence-electron chi connectivity index (χ0n) is 13.9. The number of rotatable bonds is 8. The minimum Gasteiger partial charge on any atom is -0.299 e. The summed E-state index contributed by atoms with van der Waals surface area (Å²) in [5, 5.41) is 0. The van der Waals surface area contributed by atoms with E-state index in [1.165, 1.54) is 57.8 Å². The molecular formula is C20H32O. The van der Waals surface area contributed by atoms with E-state index in [2.05, 4.69) is 26.0 Å². The SMILES string of the molecule is CCCCC[C@@H]1C(=O)C2C([C@@H]3C=C[C@H]2C3)[C@H]1CCCCC. The van der Waals surface area contributed by atoms with Gasteiger partial charge in [0.15, 0.2) is 0 Å². The highest BCUT2D eigenvalue weighted by atomic mass is 16.1. The Morgan fingerprint density at radius 1 is 0.952 bits per heavy atom. The molecule has 1 heteroatoms. The Morgan fingerprint density at radius 3 is 2.33 bits per heavy atom. The van der Waals surface area contributed by atoms with Crippen LogP contribution in [0.5, 0.6) is 0 Å². The van der Waals surface area contributed by atoms with Gasteiger partial charge in [0.2, 0.25) is 0 Å². The summed E-state index contributed by atoms with van der Waals surface area (Å²) in [5.74, 6) is 4.27. The van der Waals surface area contributed by atoms with E-state index in [4.69, 9.17) is 0 Å². The van der Waals surface area contributed by atoms with Crippen LogP contribution in [0.15, 0.2) is 12.2 Å². The van der Waals surface area contributed by atoms with Gasteiger partial charge >= 0.3 is 0 Å². The largest absolute Gasteiger partial charge is 0.299 e. The van der Waals surface area contributed by atoms with E-state index in [1.54, 1.807) is 0 Å². The minimum absolute atomic E-state index is 0.411. The molecule has 118 valence electrons. The molecular weight excluding hydrogens is 256 g/mol. The molecule has 0 aromatic carbocycles. The van der Waals surface area contributed by atoms with Crippen molar-refractivity contribution in [2.24, 2.45) is 35.5 Å². The summed E-state index contributed by atoms with van der Waals surface area (Å²) in [6, 6.07) is 0. The quantitative estimate of drug-likeness (QED) is 0.431. The van der Waals surface area contributed by atoms with Crippen molar-refractivity contribution in [2.75, 3.05) is 0 Å². The smallest absolute Gasteiger partial charge is 0.140 e. The number of fused-ring (bicyclic) bond motifs is 5. The number of carbonyl (C=O) groups is 1. The van der Waals surface area contributed by atoms with Crippen LogP contribution < -0.4 is 0 Å². The lowest BCUT2D eigenvalue weighted by atomic mass is 9.77. The maximum Gasteiger partial charge on any atom is 0.140 e. The zero-order valence-corrected chi connectivity index (χ0v) is 13.9. The monoisotopic (exact) mass is 288 g/mol. The average Bonchev–Trinajstić information content (AvgIpc) is 3.15. The molecule has 2 bridgehead atoms. The van der Waals surface area contributed by atoms with E-state index in [9.17, 15) is 4.79 Å². The van der Waals surface area contributed by atoms with Crippen LogP contribution in [-0.4, -0.2) is 5.78 Å². The molecule has 2 fully saturated rings. The molecule has 0 aromatic heterocycles. The van der Waals surface area contributed by atoms with Gasteiger partial charge in [-0.1, -0.05) is 64.5 Å². The first kappa shape index (κ1) is 15.3. The maximum absolute atomic E-state index is 13.0. The van der Waals surface area contributed by atoms with Crippen LogP contribution in [0.3, 0.4) is 0 Å². The second kappa shape index (κ2) is 6.67. The van der Waals surface area contributed by atoms with Gasteiger partial charge in [-0.05, 0) is 42.9 Å². The third-order valence-electron chi connectivity index (χ3n) is 6.49. The van der Waals surface area contributed by atoms with Gasteiger partial charge in [0.25, 0.3) is 0 Å². The molecule has 0 saturated heterocycles. The molecule has 3 aliphatic rings. The highest BCUT2D eigenvalue weighted by Crippen LogP contribution is 2.59. The number of unbranched alkanes of at least 4 members (excludes halogenated alkanes) is 4. The average molecular weight is 288 g/mol. The van der Waals surface area contributed by atoms with Crippen molar-refractivity contribution in [3.05, 3.63) is 12.2 Å². The standard InChI is InChI=1S/C20H32O/c1-3-5-7-9-16-17(10-8-6-4-2)20(21)19-15-12-11-14(13-15)18(16)19/h11-12,14-19H,3-10,13H2,1-2H3/t14-,15+,16+,17+,18?,19?/m1/s1. The normalized spacial score (nSPS) is 40.2. The lowest BCUT2D eigenvalue weighted by molar-refractivity contribution is -0.125. The molecule has 0 heterocycles. The molecule has 1 nitrogen and oxygen atoms in total. The first-order chi connectivity index (χ1) is 10.3. The van der Waals surface area contributed by atoms with Crippen LogP contribution in [0.2, 0.25) is 0 Å². The van der Waals surface area contributed by atoms with E-state index >= 15 is 0 Å². The molecule has 3 rings (SSSR count). The molecule has 0 N–H and O–H groups in total. The number of hydrogen-bond donors (Lipinski definition) is 0. The first-order valence-corrected chi connectivity index (χ1v) is 9.50. The topological polar surface area (TPSA) is 17.1 Å². The van der Waals surface area contributed by atoms with Gasteiger partial charge in [-0.3, -0.25) is 4.79 Å². The molecule has 0 radical (unpaired) electrons. The van der Waals surface area contributed by atoms with E-state index < -0.39 is 0 Å². The Hall–Kier alpha value is -0.590. The number of hydrogen-bond acceptors (Lipinski definition) is 1. The summed E-state index contributed by atoms with van der Waals surface area (Å²) < 4.78 is 0. The lowest BCUT2D eigenvalue weighted by Gasteiger charge is -2.27. The Labute approximate surface area is 130 Å². The van der Waals surface area contributed by atoms with Gasteiger partial charge < -0.3 is 0 Å². The van der Waals surface area contributed by atoms with Crippen LogP contribution in [0.4, 0.5) is 0 Å². The zero-order chi connectivity index (χ0) is 14.8. The van der Waals surface area contributed by atoms with Crippen molar-refractivity contribution in [3.8, 4) is 0 Å². The Kier molecular flexibility index (Phi) is 4.86. The molecule has 0 spiro atoms. The third kappa shape index (κ3) is 2.73. The predicted molar refractivity (Wildman–Crippen MR) is 88.0 cm³/mol. The summed E-state index contributed by atoms with van der Waals surface area (Å²) in [6.45, 7) is 4.54. The first-order valence-electron chi connectivity index (χ1n) is 9.50. The van der Waals surface area contributed by atoms with Crippen molar-refractivity contribution >= 4 is 5.78 Å². The molecule has 21 heavy (non-hydrogen) atoms. The fraction of sp³-hybridized carbons (Fsp3) is 0.850. The van der Waals surface area contributed by atoms with Gasteiger partial charge in [0.1, 0.15) is 5.78 Å². The molecule has 6 atom stereocenters. The van der Waals surface area contributed by atoms with Crippen LogP contribution in [-0.2, 0) is 4.79 Å². The van der Waals surface area contributed by atoms with Crippen molar-refractivity contribution in [2.45, 2.75) is 71.6 Å². The molecule has 0 aromatic rings. The number of ketones is 1. The van der Waals surface area contributed by atoms with Gasteiger partial charge in [0.05, 0.1) is 0 Å². The van der Waals surface area contributed by atoms with E-state index in [0.29, 0.717) is 29.5 Å². The maximum atomic E-state index is 13.0. The number of Topliss-reactive ketones (excluding diaryl/α,β-unsaturated/α-hetero) is 1. The van der Waals surface area contributed by atoms with Crippen molar-refractivity contribution in [3.63, 3.8) is 0 Å². The Morgan fingerprint density at radius 2 is 1.62 bits per heavy atom. The van der Waals surface area contributed by atoms with E-state index in [-0.39, 0.29) is 0 Å². The molecule has 2 unspecified atom stereocenters. The second-order valence-electron chi connectivity index (χ2n) is 7.72. The van der Waals surface area contributed by atoms with E-state index in [0.717, 1.165) is 11.8 Å². The predicted octanol–water partition coefficient (Wildman–Crippen LogP) is 5.40. The van der Waals surface area contributed by atoms with Crippen LogP contribution >= 0.6 is 0 Å². The summed E-state index contributed by atoms with van der Waals surface area (Å²) in [7, 11) is 0. The van der Waals surface area contributed by atoms with Gasteiger partial charge in [-0.25, -0.2) is 0 Å². The van der Waals surface area contributed by atoms with Crippen molar-refractivity contribution < 1.29 is 4.79 Å². The number of allylic oxidation sites excluding steroid dienone is 2. The second-order valence-corrected chi connectivity index (χ2v) is 7.72. The lowest BCUT2D eigenvalue weighted by Crippen LogP contribution is -2.22. The highest BCUT2D eigenvalue weighted by Gasteiger charge is 2.58. The third-order valence-corrected chi connectivity index (χ3v) is 6.49. The number of carbonyl (C=O) groups excluding carboxylic acids is 1. The minimum atomic E-state index is 0.411. The summed E-state index contributed by atoms with van der Waals surface area (Å²) in [6.07, 6.45) is 16.4. The van der Waals surface area contributed by atoms with Crippen molar-refractivity contribution in [1.29, 1.82) is 0 Å². The van der Waals surface area contributed by atoms with Crippen LogP contribution in [0.25, 0.3) is 0 Å². The fourth-order valence-corrected chi connectivity index (χ4v) is 5.57. The Bertz CT molecular complexity index is 397. The summed E-state index contributed by atoms with van der Waals surface area (Å²) in [5.41, 5.74) is 0. The fourth-order valence-electron chi connectivity index (χ4n) is 5.57. The van der Waals surface area contributed by atoms with Crippen molar-refractivity contribution in [1.82, 2.24) is 0 Å². The highest BCUT2D eigenvalue weighted by molar-refractivity contribution is 5.87. The Balaban J connectivity index is 1.70. The van der Waals surface area contributed by atoms with Gasteiger partial charge in [-0.15, -0.1) is 0 Å². The van der Waals surface area contributed by atoms with Crippen LogP contribution in [0.1, 0.15) is 71.6 Å². The summed E-state index contributed by atoms with van der Waals surface area (Å²) >= 11 is 0. The molecule has 0 amide bonds. The molecule has 0 aliphatic heterocycles. The van der Waals surface area contributed by atoms with Crippen LogP contribution in [0, 0.1) is 35.5 Å².